The monoisotopic (exact) mass is 292 g/mol. The van der Waals surface area contributed by atoms with Crippen LogP contribution in [0, 0.1) is 0 Å². The van der Waals surface area contributed by atoms with Crippen LogP contribution in [-0.2, 0) is 20.7 Å². The lowest BCUT2D eigenvalue weighted by Gasteiger charge is -2.17. The second kappa shape index (κ2) is 6.36. The van der Waals surface area contributed by atoms with Gasteiger partial charge in [0.15, 0.2) is 0 Å². The molecule has 1 aliphatic heterocycles. The Morgan fingerprint density at radius 2 is 2.19 bits per heavy atom. The quantitative estimate of drug-likeness (QED) is 0.722. The molecule has 1 aromatic rings. The highest BCUT2D eigenvalue weighted by Gasteiger charge is 2.29. The van der Waals surface area contributed by atoms with Gasteiger partial charge in [-0.1, -0.05) is 6.07 Å². The molecule has 0 spiro atoms. The molecule has 0 saturated carbocycles. The molecule has 0 aromatic heterocycles. The lowest BCUT2D eigenvalue weighted by molar-refractivity contribution is -0.123. The predicted octanol–water partition coefficient (Wildman–Crippen LogP) is 0.0365. The third-order valence-corrected chi connectivity index (χ3v) is 3.20. The van der Waals surface area contributed by atoms with Crippen molar-refractivity contribution in [2.75, 3.05) is 31.7 Å². The molecule has 2 amide bonds. The first-order valence-corrected chi connectivity index (χ1v) is 6.45. The van der Waals surface area contributed by atoms with E-state index in [1.165, 1.54) is 24.1 Å². The first-order chi connectivity index (χ1) is 10.0. The van der Waals surface area contributed by atoms with Gasteiger partial charge in [-0.05, 0) is 17.7 Å². The number of carboxylic acids is 1. The number of amides is 2. The number of aromatic carboxylic acids is 1. The van der Waals surface area contributed by atoms with Crippen molar-refractivity contribution in [1.82, 2.24) is 5.32 Å². The summed E-state index contributed by atoms with van der Waals surface area (Å²) < 4.78 is 4.82. The average molecular weight is 292 g/mol. The van der Waals surface area contributed by atoms with E-state index in [1.807, 2.05) is 0 Å². The summed E-state index contributed by atoms with van der Waals surface area (Å²) in [5.74, 6) is -1.59. The summed E-state index contributed by atoms with van der Waals surface area (Å²) in [6.07, 6.45) is 0.181. The molecule has 1 aliphatic rings. The highest BCUT2D eigenvalue weighted by Crippen LogP contribution is 2.29. The number of rotatable bonds is 6. The average Bonchev–Trinajstić information content (AvgIpc) is 2.74. The summed E-state index contributed by atoms with van der Waals surface area (Å²) in [6, 6.07) is 4.49. The fourth-order valence-electron chi connectivity index (χ4n) is 2.16. The van der Waals surface area contributed by atoms with Crippen molar-refractivity contribution >= 4 is 23.5 Å². The van der Waals surface area contributed by atoms with Crippen molar-refractivity contribution in [3.8, 4) is 0 Å². The van der Waals surface area contributed by atoms with E-state index in [0.29, 0.717) is 18.8 Å². The Hall–Kier alpha value is -2.41. The molecule has 1 heterocycles. The van der Waals surface area contributed by atoms with Crippen LogP contribution in [0.2, 0.25) is 0 Å². The molecule has 7 nitrogen and oxygen atoms in total. The number of anilines is 1. The number of carbonyl (C=O) groups is 3. The van der Waals surface area contributed by atoms with E-state index in [0.717, 1.165) is 5.56 Å². The van der Waals surface area contributed by atoms with E-state index < -0.39 is 5.97 Å². The van der Waals surface area contributed by atoms with Crippen LogP contribution < -0.4 is 10.2 Å². The van der Waals surface area contributed by atoms with Crippen LogP contribution >= 0.6 is 0 Å². The molecule has 1 aromatic carbocycles. The summed E-state index contributed by atoms with van der Waals surface area (Å²) in [7, 11) is 1.53. The maximum absolute atomic E-state index is 12.0. The number of benzene rings is 1. The molecule has 0 unspecified atom stereocenters. The van der Waals surface area contributed by atoms with Gasteiger partial charge in [-0.25, -0.2) is 4.79 Å². The van der Waals surface area contributed by atoms with E-state index in [-0.39, 0.29) is 30.3 Å². The molecule has 2 N–H and O–H groups in total. The number of carboxylic acid groups (broad SMARTS) is 1. The zero-order valence-corrected chi connectivity index (χ0v) is 11.6. The summed E-state index contributed by atoms with van der Waals surface area (Å²) in [5.41, 5.74) is 1.31. The Kier molecular flexibility index (Phi) is 4.54. The van der Waals surface area contributed by atoms with E-state index >= 15 is 0 Å². The lowest BCUT2D eigenvalue weighted by Crippen LogP contribution is -2.40. The van der Waals surface area contributed by atoms with Crippen LogP contribution in [0.1, 0.15) is 15.9 Å². The van der Waals surface area contributed by atoms with Crippen molar-refractivity contribution in [1.29, 1.82) is 0 Å². The zero-order valence-electron chi connectivity index (χ0n) is 11.6. The standard InChI is InChI=1S/C14H16N2O5/c1-21-5-4-15-12(17)8-16-11-6-10(14(19)20)3-2-9(11)7-13(16)18/h2-3,6H,4-5,7-8H2,1H3,(H,15,17)(H,19,20). The molecule has 2 rings (SSSR count). The molecule has 0 fully saturated rings. The van der Waals surface area contributed by atoms with Crippen molar-refractivity contribution in [2.45, 2.75) is 6.42 Å². The Labute approximate surface area is 121 Å². The molecule has 0 aliphatic carbocycles. The first-order valence-electron chi connectivity index (χ1n) is 6.45. The molecule has 0 bridgehead atoms. The third kappa shape index (κ3) is 3.38. The SMILES string of the molecule is COCCNC(=O)CN1C(=O)Cc2ccc(C(=O)O)cc21. The van der Waals surface area contributed by atoms with Gasteiger partial charge < -0.3 is 20.1 Å². The Balaban J connectivity index is 2.11. The largest absolute Gasteiger partial charge is 0.478 e. The number of methoxy groups -OCH3 is 1. The highest BCUT2D eigenvalue weighted by molar-refractivity contribution is 6.06. The number of nitrogens with zero attached hydrogens (tertiary/aromatic N) is 1. The molecule has 0 atom stereocenters. The zero-order chi connectivity index (χ0) is 15.4. The van der Waals surface area contributed by atoms with Crippen LogP contribution in [0.15, 0.2) is 18.2 Å². The topological polar surface area (TPSA) is 95.9 Å². The summed E-state index contributed by atoms with van der Waals surface area (Å²) >= 11 is 0. The Bertz CT molecular complexity index is 585. The van der Waals surface area contributed by atoms with Gasteiger partial charge in [-0.15, -0.1) is 0 Å². The second-order valence-electron chi connectivity index (χ2n) is 4.65. The fraction of sp³-hybridized carbons (Fsp3) is 0.357. The number of fused-ring (bicyclic) bond motifs is 1. The number of nitrogens with one attached hydrogen (secondary N) is 1. The van der Waals surface area contributed by atoms with Gasteiger partial charge in [-0.2, -0.15) is 0 Å². The Morgan fingerprint density at radius 3 is 2.86 bits per heavy atom. The van der Waals surface area contributed by atoms with Crippen LogP contribution in [0.25, 0.3) is 0 Å². The minimum atomic E-state index is -1.07. The van der Waals surface area contributed by atoms with E-state index in [1.54, 1.807) is 6.07 Å². The molecule has 21 heavy (non-hydrogen) atoms. The summed E-state index contributed by atoms with van der Waals surface area (Å²) in [6.45, 7) is 0.622. The van der Waals surface area contributed by atoms with Gasteiger partial charge in [0.05, 0.1) is 18.6 Å². The molecule has 7 heteroatoms. The minimum Gasteiger partial charge on any atom is -0.478 e. The van der Waals surface area contributed by atoms with Crippen molar-refractivity contribution in [3.63, 3.8) is 0 Å². The fourth-order valence-corrected chi connectivity index (χ4v) is 2.16. The van der Waals surface area contributed by atoms with Gasteiger partial charge in [0.1, 0.15) is 6.54 Å². The van der Waals surface area contributed by atoms with Crippen LogP contribution in [-0.4, -0.2) is 49.7 Å². The molecular weight excluding hydrogens is 276 g/mol. The van der Waals surface area contributed by atoms with Gasteiger partial charge in [0.2, 0.25) is 11.8 Å². The van der Waals surface area contributed by atoms with Gasteiger partial charge >= 0.3 is 5.97 Å². The van der Waals surface area contributed by atoms with E-state index in [4.69, 9.17) is 9.84 Å². The summed E-state index contributed by atoms with van der Waals surface area (Å²) in [4.78, 5) is 36.0. The van der Waals surface area contributed by atoms with E-state index in [9.17, 15) is 14.4 Å². The molecule has 0 saturated heterocycles. The van der Waals surface area contributed by atoms with Gasteiger partial charge in [0.25, 0.3) is 0 Å². The van der Waals surface area contributed by atoms with Crippen LogP contribution in [0.3, 0.4) is 0 Å². The number of hydrogen-bond acceptors (Lipinski definition) is 4. The first kappa shape index (κ1) is 15.0. The molecule has 0 radical (unpaired) electrons. The second-order valence-corrected chi connectivity index (χ2v) is 4.65. The smallest absolute Gasteiger partial charge is 0.335 e. The van der Waals surface area contributed by atoms with Gasteiger partial charge in [0, 0.05) is 19.3 Å². The minimum absolute atomic E-state index is 0.0910. The predicted molar refractivity (Wildman–Crippen MR) is 74.3 cm³/mol. The third-order valence-electron chi connectivity index (χ3n) is 3.20. The number of carbonyl (C=O) groups excluding carboxylic acids is 2. The maximum atomic E-state index is 12.0. The van der Waals surface area contributed by atoms with Crippen molar-refractivity contribution in [2.24, 2.45) is 0 Å². The van der Waals surface area contributed by atoms with Crippen molar-refractivity contribution < 1.29 is 24.2 Å². The van der Waals surface area contributed by atoms with Crippen molar-refractivity contribution in [3.05, 3.63) is 29.3 Å². The molecule has 112 valence electrons. The number of hydrogen-bond donors (Lipinski definition) is 2. The summed E-state index contributed by atoms with van der Waals surface area (Å²) in [5, 5.41) is 11.6. The number of ether oxygens (including phenoxy) is 1. The van der Waals surface area contributed by atoms with Gasteiger partial charge in [-0.3, -0.25) is 9.59 Å². The van der Waals surface area contributed by atoms with Crippen LogP contribution in [0.5, 0.6) is 0 Å². The lowest BCUT2D eigenvalue weighted by atomic mass is 10.1. The normalized spacial score (nSPS) is 13.2. The molecular formula is C14H16N2O5. The maximum Gasteiger partial charge on any atom is 0.335 e. The van der Waals surface area contributed by atoms with Crippen LogP contribution in [0.4, 0.5) is 5.69 Å². The Morgan fingerprint density at radius 1 is 1.43 bits per heavy atom. The highest BCUT2D eigenvalue weighted by atomic mass is 16.5. The van der Waals surface area contributed by atoms with E-state index in [2.05, 4.69) is 5.32 Å².